The number of anilines is 3. The topological polar surface area (TPSA) is 98.7 Å². The number of nitrogens with one attached hydrogen (secondary N) is 1. The Labute approximate surface area is 239 Å². The molecule has 0 aliphatic carbocycles. The average molecular weight is 614 g/mol. The van der Waals surface area contributed by atoms with Crippen molar-refractivity contribution in [3.8, 4) is 10.6 Å². The number of aliphatic hydroxyl groups is 1. The van der Waals surface area contributed by atoms with E-state index in [2.05, 4.69) is 31.2 Å². The maximum Gasteiger partial charge on any atom is 0.420 e. The molecule has 0 radical (unpaired) electrons. The summed E-state index contributed by atoms with van der Waals surface area (Å²) in [6.07, 6.45) is -3.27. The molecule has 5 rings (SSSR count). The fourth-order valence-corrected chi connectivity index (χ4v) is 9.64. The fraction of sp³-hybridized carbons (Fsp3) is 0.462. The summed E-state index contributed by atoms with van der Waals surface area (Å²) in [5, 5.41) is 12.3. The highest BCUT2D eigenvalue weighted by Gasteiger charge is 2.37. The predicted molar refractivity (Wildman–Crippen MR) is 153 cm³/mol. The molecule has 2 aromatic heterocycles. The van der Waals surface area contributed by atoms with E-state index in [0.717, 1.165) is 55.0 Å². The van der Waals surface area contributed by atoms with E-state index in [1.54, 1.807) is 0 Å². The largest absolute Gasteiger partial charge is 0.420 e. The molecule has 8 nitrogen and oxygen atoms in total. The van der Waals surface area contributed by atoms with Gasteiger partial charge in [-0.05, 0) is 36.2 Å². The summed E-state index contributed by atoms with van der Waals surface area (Å²) in [5.74, 6) is 0.841. The molecular weight excluding hydrogens is 584 g/mol. The molecule has 2 aliphatic rings. The van der Waals surface area contributed by atoms with Crippen LogP contribution >= 0.6 is 23.1 Å². The maximum atomic E-state index is 14.0. The Kier molecular flexibility index (Phi) is 8.62. The highest BCUT2D eigenvalue weighted by Crippen LogP contribution is 2.43. The molecular formula is C26H30F3N5O3S3. The van der Waals surface area contributed by atoms with Gasteiger partial charge in [-0.25, -0.2) is 18.4 Å². The first-order valence-electron chi connectivity index (χ1n) is 12.9. The molecule has 2 aliphatic heterocycles. The molecule has 0 spiro atoms. The highest BCUT2D eigenvalue weighted by molar-refractivity contribution is 8.00. The molecule has 14 heteroatoms. The zero-order valence-corrected chi connectivity index (χ0v) is 24.3. The van der Waals surface area contributed by atoms with Crippen LogP contribution in [0.2, 0.25) is 0 Å². The minimum Gasteiger partial charge on any atom is -0.395 e. The summed E-state index contributed by atoms with van der Waals surface area (Å²) in [7, 11) is -3.57. The minimum absolute atomic E-state index is 0.00361. The van der Waals surface area contributed by atoms with Gasteiger partial charge in [0.1, 0.15) is 5.56 Å². The number of aryl methyl sites for hydroxylation is 1. The third-order valence-electron chi connectivity index (χ3n) is 7.03. The van der Waals surface area contributed by atoms with Gasteiger partial charge in [0.05, 0.1) is 27.8 Å². The molecule has 0 unspecified atom stereocenters. The second-order valence-corrected chi connectivity index (χ2v) is 13.9. The van der Waals surface area contributed by atoms with Gasteiger partial charge in [0.15, 0.2) is 9.84 Å². The van der Waals surface area contributed by atoms with Crippen LogP contribution in [0.15, 0.2) is 35.4 Å². The molecule has 40 heavy (non-hydrogen) atoms. The number of thiophene rings is 1. The number of piperazine rings is 1. The van der Waals surface area contributed by atoms with Gasteiger partial charge in [-0.1, -0.05) is 6.92 Å². The third kappa shape index (κ3) is 6.25. The zero-order chi connectivity index (χ0) is 28.5. The number of hydrogen-bond donors (Lipinski definition) is 2. The first-order valence-corrected chi connectivity index (χ1v) is 16.6. The summed E-state index contributed by atoms with van der Waals surface area (Å²) >= 11 is 2.49. The average Bonchev–Trinajstić information content (AvgIpc) is 3.31. The van der Waals surface area contributed by atoms with Gasteiger partial charge in [-0.3, -0.25) is 4.90 Å². The first kappa shape index (κ1) is 29.1. The maximum absolute atomic E-state index is 14.0. The van der Waals surface area contributed by atoms with Crippen LogP contribution in [0.25, 0.3) is 10.6 Å². The smallest absolute Gasteiger partial charge is 0.395 e. The molecule has 2 N–H and O–H groups in total. The number of thioether (sulfide) groups is 1. The Morgan fingerprint density at radius 2 is 1.93 bits per heavy atom. The number of alkyl halides is 3. The second-order valence-electron chi connectivity index (χ2n) is 9.60. The third-order valence-corrected chi connectivity index (χ3v) is 11.5. The zero-order valence-electron chi connectivity index (χ0n) is 21.9. The van der Waals surface area contributed by atoms with E-state index >= 15 is 0 Å². The van der Waals surface area contributed by atoms with Gasteiger partial charge in [0, 0.05) is 66.7 Å². The second kappa shape index (κ2) is 11.8. The number of halogens is 3. The van der Waals surface area contributed by atoms with Crippen molar-refractivity contribution < 1.29 is 26.7 Å². The Bertz CT molecular complexity index is 1470. The number of aromatic nitrogens is 2. The minimum atomic E-state index is -4.71. The van der Waals surface area contributed by atoms with Crippen molar-refractivity contribution in [2.24, 2.45) is 0 Å². The number of rotatable bonds is 7. The number of fused-ring (bicyclic) bond motifs is 1. The molecule has 1 saturated heterocycles. The van der Waals surface area contributed by atoms with E-state index in [0.29, 0.717) is 35.0 Å². The SMILES string of the molecule is CCc1cc(N2CCN(CCO)CC2)ccc1Nc1ncc(C(F)(F)F)c(-c2cc3c(s2)CSCCS3(=O)=O)n1. The van der Waals surface area contributed by atoms with Crippen LogP contribution in [0.3, 0.4) is 0 Å². The van der Waals surface area contributed by atoms with Crippen LogP contribution < -0.4 is 10.2 Å². The van der Waals surface area contributed by atoms with Crippen molar-refractivity contribution in [2.45, 2.75) is 30.2 Å². The van der Waals surface area contributed by atoms with E-state index < -0.39 is 21.6 Å². The Morgan fingerprint density at radius 1 is 1.15 bits per heavy atom. The van der Waals surface area contributed by atoms with Crippen LogP contribution in [-0.2, 0) is 28.2 Å². The number of β-amino-alcohol motifs (C(OH)–C–C–N with tert-alkyl or cyclic N) is 1. The van der Waals surface area contributed by atoms with Crippen molar-refractivity contribution in [1.82, 2.24) is 14.9 Å². The summed E-state index contributed by atoms with van der Waals surface area (Å²) in [6.45, 7) is 6.18. The van der Waals surface area contributed by atoms with Gasteiger partial charge in [-0.2, -0.15) is 24.9 Å². The molecule has 0 amide bonds. The van der Waals surface area contributed by atoms with E-state index in [1.807, 2.05) is 19.1 Å². The normalized spacial score (nSPS) is 17.9. The standard InChI is InChI=1S/C26H30F3N5O3S3/c1-2-17-13-18(34-7-5-33(6-8-34)9-10-35)3-4-20(17)31-25-30-15-19(26(27,28)29)24(32-25)21-14-23-22(39-21)16-38-11-12-40(23,36)37/h3-4,13-15,35H,2,5-12,16H2,1H3,(H,30,31,32). The van der Waals surface area contributed by atoms with Crippen molar-refractivity contribution in [1.29, 1.82) is 0 Å². The lowest BCUT2D eigenvalue weighted by atomic mass is 10.1. The molecule has 3 aromatic rings. The summed E-state index contributed by atoms with van der Waals surface area (Å²) < 4.78 is 67.3. The molecule has 0 saturated carbocycles. The molecule has 1 aromatic carbocycles. The summed E-state index contributed by atoms with van der Waals surface area (Å²) in [4.78, 5) is 13.5. The van der Waals surface area contributed by atoms with Crippen LogP contribution in [0.5, 0.6) is 0 Å². The summed E-state index contributed by atoms with van der Waals surface area (Å²) in [5.41, 5.74) is 1.37. The number of nitrogens with zero attached hydrogens (tertiary/aromatic N) is 4. The van der Waals surface area contributed by atoms with Crippen molar-refractivity contribution in [2.75, 3.05) is 61.1 Å². The summed E-state index contributed by atoms with van der Waals surface area (Å²) in [6, 6.07) is 7.24. The van der Waals surface area contributed by atoms with Gasteiger partial charge in [0.2, 0.25) is 5.95 Å². The lowest BCUT2D eigenvalue weighted by Gasteiger charge is -2.36. The lowest BCUT2D eigenvalue weighted by molar-refractivity contribution is -0.137. The quantitative estimate of drug-likeness (QED) is 0.394. The Balaban J connectivity index is 1.44. The molecule has 4 heterocycles. The van der Waals surface area contributed by atoms with Crippen LogP contribution in [-0.4, -0.2) is 79.2 Å². The first-order chi connectivity index (χ1) is 19.1. The number of aliphatic hydroxyl groups excluding tert-OH is 1. The lowest BCUT2D eigenvalue weighted by Crippen LogP contribution is -2.47. The van der Waals surface area contributed by atoms with Gasteiger partial charge in [0.25, 0.3) is 0 Å². The van der Waals surface area contributed by atoms with E-state index in [9.17, 15) is 26.7 Å². The van der Waals surface area contributed by atoms with E-state index in [1.165, 1.54) is 17.8 Å². The van der Waals surface area contributed by atoms with Gasteiger partial charge in [-0.15, -0.1) is 11.3 Å². The Morgan fingerprint density at radius 3 is 2.62 bits per heavy atom. The van der Waals surface area contributed by atoms with Crippen LogP contribution in [0.1, 0.15) is 22.9 Å². The van der Waals surface area contributed by atoms with E-state index in [-0.39, 0.29) is 33.8 Å². The van der Waals surface area contributed by atoms with Crippen LogP contribution in [0, 0.1) is 0 Å². The molecule has 0 atom stereocenters. The van der Waals surface area contributed by atoms with Crippen molar-refractivity contribution in [3.05, 3.63) is 46.5 Å². The number of hydrogen-bond acceptors (Lipinski definition) is 10. The van der Waals surface area contributed by atoms with Crippen LogP contribution in [0.4, 0.5) is 30.5 Å². The molecule has 0 bridgehead atoms. The number of benzene rings is 1. The Hall–Kier alpha value is -2.39. The van der Waals surface area contributed by atoms with Crippen molar-refractivity contribution in [3.63, 3.8) is 0 Å². The van der Waals surface area contributed by atoms with E-state index in [4.69, 9.17) is 0 Å². The van der Waals surface area contributed by atoms with Crippen molar-refractivity contribution >= 4 is 50.3 Å². The monoisotopic (exact) mass is 613 g/mol. The predicted octanol–water partition coefficient (Wildman–Crippen LogP) is 4.66. The fourth-order valence-electron chi connectivity index (χ4n) is 4.86. The van der Waals surface area contributed by atoms with Gasteiger partial charge < -0.3 is 15.3 Å². The highest BCUT2D eigenvalue weighted by atomic mass is 32.2. The molecule has 1 fully saturated rings. The number of sulfone groups is 1. The van der Waals surface area contributed by atoms with Gasteiger partial charge >= 0.3 is 6.18 Å². The molecule has 216 valence electrons.